The van der Waals surface area contributed by atoms with Crippen molar-refractivity contribution in [1.82, 2.24) is 9.21 Å². The molecule has 2 saturated heterocycles. The smallest absolute Gasteiger partial charge is 0.309 e. The minimum Gasteiger partial charge on any atom is -0.466 e. The van der Waals surface area contributed by atoms with Crippen molar-refractivity contribution in [3.8, 4) is 0 Å². The molecule has 8 heteroatoms. The van der Waals surface area contributed by atoms with Gasteiger partial charge in [-0.05, 0) is 51.0 Å². The van der Waals surface area contributed by atoms with E-state index in [0.29, 0.717) is 58.3 Å². The number of nitrogens with zero attached hydrogens (tertiary/aromatic N) is 2. The van der Waals surface area contributed by atoms with Gasteiger partial charge in [0, 0.05) is 26.2 Å². The zero-order chi connectivity index (χ0) is 22.3. The topological polar surface area (TPSA) is 84.0 Å². The number of amides is 1. The quantitative estimate of drug-likeness (QED) is 0.568. The first-order valence-electron chi connectivity index (χ1n) is 11.4. The molecule has 2 heterocycles. The molecule has 1 atom stereocenters. The highest BCUT2D eigenvalue weighted by Crippen LogP contribution is 2.25. The fourth-order valence-electron chi connectivity index (χ4n) is 4.48. The fourth-order valence-corrected chi connectivity index (χ4v) is 6.06. The number of piperidine rings is 2. The number of hydrogen-bond acceptors (Lipinski definition) is 5. The Morgan fingerprint density at radius 1 is 1.03 bits per heavy atom. The molecule has 31 heavy (non-hydrogen) atoms. The molecule has 3 rings (SSSR count). The zero-order valence-corrected chi connectivity index (χ0v) is 19.2. The van der Waals surface area contributed by atoms with Gasteiger partial charge < -0.3 is 9.64 Å². The van der Waals surface area contributed by atoms with Crippen LogP contribution in [0.4, 0.5) is 0 Å². The van der Waals surface area contributed by atoms with Gasteiger partial charge in [-0.1, -0.05) is 30.3 Å². The van der Waals surface area contributed by atoms with Gasteiger partial charge in [0.25, 0.3) is 0 Å². The van der Waals surface area contributed by atoms with E-state index in [-0.39, 0.29) is 36.0 Å². The van der Waals surface area contributed by atoms with Crippen LogP contribution in [0.3, 0.4) is 0 Å². The summed E-state index contributed by atoms with van der Waals surface area (Å²) < 4.78 is 32.3. The molecule has 1 aromatic carbocycles. The van der Waals surface area contributed by atoms with E-state index in [1.54, 1.807) is 11.8 Å². The van der Waals surface area contributed by atoms with Crippen molar-refractivity contribution in [3.63, 3.8) is 0 Å². The highest BCUT2D eigenvalue weighted by molar-refractivity contribution is 7.89. The van der Waals surface area contributed by atoms with Crippen molar-refractivity contribution in [2.45, 2.75) is 45.4 Å². The monoisotopic (exact) mass is 450 g/mol. The Kier molecular flexibility index (Phi) is 8.49. The predicted octanol–water partition coefficient (Wildman–Crippen LogP) is 2.46. The van der Waals surface area contributed by atoms with Crippen LogP contribution >= 0.6 is 0 Å². The lowest BCUT2D eigenvalue weighted by Gasteiger charge is -2.37. The maximum absolute atomic E-state index is 13.0. The lowest BCUT2D eigenvalue weighted by molar-refractivity contribution is -0.152. The van der Waals surface area contributed by atoms with Gasteiger partial charge in [-0.25, -0.2) is 12.7 Å². The molecule has 0 bridgehead atoms. The van der Waals surface area contributed by atoms with Crippen LogP contribution in [0.5, 0.6) is 0 Å². The Balaban J connectivity index is 1.49. The number of aryl methyl sites for hydroxylation is 1. The van der Waals surface area contributed by atoms with E-state index < -0.39 is 10.0 Å². The third kappa shape index (κ3) is 6.53. The molecule has 0 unspecified atom stereocenters. The van der Waals surface area contributed by atoms with Crippen LogP contribution in [0, 0.1) is 11.8 Å². The molecule has 2 aliphatic rings. The summed E-state index contributed by atoms with van der Waals surface area (Å²) >= 11 is 0. The van der Waals surface area contributed by atoms with E-state index in [1.165, 1.54) is 4.31 Å². The molecule has 1 aromatic rings. The van der Waals surface area contributed by atoms with E-state index in [2.05, 4.69) is 0 Å². The minimum atomic E-state index is -3.38. The number of likely N-dealkylation sites (tertiary alicyclic amines) is 1. The van der Waals surface area contributed by atoms with Crippen LogP contribution in [0.1, 0.15) is 44.6 Å². The molecular weight excluding hydrogens is 416 g/mol. The fraction of sp³-hybridized carbons (Fsp3) is 0.652. The minimum absolute atomic E-state index is 0.0199. The van der Waals surface area contributed by atoms with Crippen LogP contribution in [0.2, 0.25) is 0 Å². The Morgan fingerprint density at radius 2 is 1.74 bits per heavy atom. The first kappa shape index (κ1) is 23.7. The third-order valence-corrected chi connectivity index (χ3v) is 8.19. The second kappa shape index (κ2) is 11.1. The summed E-state index contributed by atoms with van der Waals surface area (Å²) in [5.74, 6) is -0.492. The van der Waals surface area contributed by atoms with Gasteiger partial charge in [-0.3, -0.25) is 9.59 Å². The molecule has 0 N–H and O–H groups in total. The van der Waals surface area contributed by atoms with Crippen LogP contribution in [-0.4, -0.2) is 68.0 Å². The number of carbonyl (C=O) groups is 2. The molecule has 0 saturated carbocycles. The van der Waals surface area contributed by atoms with Gasteiger partial charge in [0.05, 0.1) is 24.2 Å². The first-order chi connectivity index (χ1) is 14.9. The largest absolute Gasteiger partial charge is 0.466 e. The van der Waals surface area contributed by atoms with Crippen molar-refractivity contribution in [2.24, 2.45) is 11.8 Å². The molecule has 0 radical (unpaired) electrons. The van der Waals surface area contributed by atoms with E-state index in [1.807, 2.05) is 30.3 Å². The highest BCUT2D eigenvalue weighted by Gasteiger charge is 2.36. The van der Waals surface area contributed by atoms with Gasteiger partial charge in [-0.15, -0.1) is 0 Å². The summed E-state index contributed by atoms with van der Waals surface area (Å²) in [6, 6.07) is 9.88. The van der Waals surface area contributed by atoms with Crippen LogP contribution in [0.15, 0.2) is 30.3 Å². The SMILES string of the molecule is CCOC(=O)C1CCN(C(=O)[C@@H]2CCCN(S(=O)(=O)CCCc3ccccc3)C2)CC1. The van der Waals surface area contributed by atoms with Crippen LogP contribution < -0.4 is 0 Å². The molecule has 0 aromatic heterocycles. The van der Waals surface area contributed by atoms with Crippen molar-refractivity contribution in [1.29, 1.82) is 0 Å². The summed E-state index contributed by atoms with van der Waals surface area (Å²) in [7, 11) is -3.38. The predicted molar refractivity (Wildman–Crippen MR) is 119 cm³/mol. The highest BCUT2D eigenvalue weighted by atomic mass is 32.2. The summed E-state index contributed by atoms with van der Waals surface area (Å²) in [6.45, 7) is 3.98. The lowest BCUT2D eigenvalue weighted by atomic mass is 9.93. The van der Waals surface area contributed by atoms with Gasteiger partial charge in [0.2, 0.25) is 15.9 Å². The summed E-state index contributed by atoms with van der Waals surface area (Å²) in [5, 5.41) is 0. The van der Waals surface area contributed by atoms with E-state index in [9.17, 15) is 18.0 Å². The van der Waals surface area contributed by atoms with Crippen molar-refractivity contribution in [2.75, 3.05) is 38.5 Å². The molecule has 7 nitrogen and oxygen atoms in total. The Bertz CT molecular complexity index is 835. The number of hydrogen-bond donors (Lipinski definition) is 0. The van der Waals surface area contributed by atoms with Gasteiger partial charge >= 0.3 is 5.97 Å². The average Bonchev–Trinajstić information content (AvgIpc) is 2.79. The van der Waals surface area contributed by atoms with E-state index >= 15 is 0 Å². The lowest BCUT2D eigenvalue weighted by Crippen LogP contribution is -2.49. The second-order valence-corrected chi connectivity index (χ2v) is 10.5. The number of carbonyl (C=O) groups excluding carboxylic acids is 2. The first-order valence-corrected chi connectivity index (χ1v) is 13.0. The number of rotatable bonds is 8. The Morgan fingerprint density at radius 3 is 2.42 bits per heavy atom. The molecule has 2 fully saturated rings. The number of esters is 1. The average molecular weight is 451 g/mol. The Labute approximate surface area is 185 Å². The summed E-state index contributed by atoms with van der Waals surface area (Å²) in [5.41, 5.74) is 1.13. The van der Waals surface area contributed by atoms with Crippen LogP contribution in [0.25, 0.3) is 0 Å². The molecule has 172 valence electrons. The molecule has 0 spiro atoms. The van der Waals surface area contributed by atoms with Gasteiger partial charge in [0.15, 0.2) is 0 Å². The summed E-state index contributed by atoms with van der Waals surface area (Å²) in [4.78, 5) is 26.7. The maximum atomic E-state index is 13.0. The third-order valence-electron chi connectivity index (χ3n) is 6.26. The molecule has 1 amide bonds. The normalized spacial score (nSPS) is 21.1. The zero-order valence-electron chi connectivity index (χ0n) is 18.4. The van der Waals surface area contributed by atoms with Crippen LogP contribution in [-0.2, 0) is 30.8 Å². The summed E-state index contributed by atoms with van der Waals surface area (Å²) in [6.07, 6.45) is 3.94. The number of ether oxygens (including phenoxy) is 1. The number of sulfonamides is 1. The number of benzene rings is 1. The maximum Gasteiger partial charge on any atom is 0.309 e. The van der Waals surface area contributed by atoms with Gasteiger partial charge in [-0.2, -0.15) is 0 Å². The van der Waals surface area contributed by atoms with Gasteiger partial charge in [0.1, 0.15) is 0 Å². The van der Waals surface area contributed by atoms with E-state index in [0.717, 1.165) is 12.0 Å². The van der Waals surface area contributed by atoms with E-state index in [4.69, 9.17) is 4.74 Å². The standard InChI is InChI=1S/C23H34N2O5S/c1-2-30-23(27)20-12-15-24(16-13-20)22(26)21-11-6-14-25(18-21)31(28,29)17-7-10-19-8-4-3-5-9-19/h3-5,8-9,20-21H,2,6-7,10-18H2,1H3/t21-/m1/s1. The van der Waals surface area contributed by atoms with Crippen molar-refractivity contribution >= 4 is 21.9 Å². The molecule has 0 aliphatic carbocycles. The van der Waals surface area contributed by atoms with Crippen molar-refractivity contribution < 1.29 is 22.7 Å². The Hall–Kier alpha value is -1.93. The molecular formula is C23H34N2O5S. The second-order valence-electron chi connectivity index (χ2n) is 8.45. The van der Waals surface area contributed by atoms with Crippen molar-refractivity contribution in [3.05, 3.63) is 35.9 Å². The molecule has 2 aliphatic heterocycles.